The minimum Gasteiger partial charge on any atom is -0.390 e. The number of rotatable bonds is 3. The first-order chi connectivity index (χ1) is 12.2. The van der Waals surface area contributed by atoms with Gasteiger partial charge in [0.1, 0.15) is 5.78 Å². The Morgan fingerprint density at radius 2 is 1.69 bits per heavy atom. The van der Waals surface area contributed by atoms with Gasteiger partial charge in [0.2, 0.25) is 0 Å². The van der Waals surface area contributed by atoms with E-state index in [4.69, 9.17) is 0 Å². The summed E-state index contributed by atoms with van der Waals surface area (Å²) in [6, 6.07) is 0. The Morgan fingerprint density at radius 1 is 0.962 bits per heavy atom. The summed E-state index contributed by atoms with van der Waals surface area (Å²) in [6.07, 6.45) is 13.0. The van der Waals surface area contributed by atoms with Gasteiger partial charge in [0, 0.05) is 5.92 Å². The summed E-state index contributed by atoms with van der Waals surface area (Å²) in [5.74, 6) is 3.90. The number of Topliss-reactive ketones (excluding diaryl/α,β-unsaturated/α-hetero) is 1. The van der Waals surface area contributed by atoms with E-state index in [0.717, 1.165) is 49.9 Å². The highest BCUT2D eigenvalue weighted by atomic mass is 16.3. The fraction of sp³-hybridized carbons (Fsp3) is 0.958. The molecule has 2 heteroatoms. The average molecular weight is 361 g/mol. The first-order valence-corrected chi connectivity index (χ1v) is 11.5. The van der Waals surface area contributed by atoms with E-state index in [9.17, 15) is 9.90 Å². The standard InChI is InChI=1S/C24H40O2/c1-5-11-24(26)14-13-22(3)17(15-24)6-7-18-20-9-8-19(16(2)25)23(20,4)12-10-21(18)22/h17-21,26H,5-15H2,1-4H3/t17-,18-,19+,20-,21-,22-,23+,24+/m0/s1. The van der Waals surface area contributed by atoms with Gasteiger partial charge < -0.3 is 5.11 Å². The molecule has 4 aliphatic carbocycles. The van der Waals surface area contributed by atoms with Crippen molar-refractivity contribution in [3.63, 3.8) is 0 Å². The second-order valence-electron chi connectivity index (χ2n) is 11.1. The minimum absolute atomic E-state index is 0.272. The maximum atomic E-state index is 12.3. The molecule has 4 fully saturated rings. The zero-order valence-corrected chi connectivity index (χ0v) is 17.5. The molecule has 0 heterocycles. The molecular formula is C24H40O2. The van der Waals surface area contributed by atoms with Crippen molar-refractivity contribution >= 4 is 5.78 Å². The van der Waals surface area contributed by atoms with Crippen LogP contribution in [0.1, 0.15) is 98.3 Å². The first kappa shape index (κ1) is 19.0. The fourth-order valence-electron chi connectivity index (χ4n) is 8.68. The Kier molecular flexibility index (Phi) is 4.61. The molecule has 0 aromatic rings. The van der Waals surface area contributed by atoms with Crippen LogP contribution >= 0.6 is 0 Å². The lowest BCUT2D eigenvalue weighted by molar-refractivity contribution is -0.155. The lowest BCUT2D eigenvalue weighted by atomic mass is 9.43. The maximum absolute atomic E-state index is 12.3. The molecule has 0 saturated heterocycles. The number of carbonyl (C=O) groups excluding carboxylic acids is 1. The quantitative estimate of drug-likeness (QED) is 0.694. The number of fused-ring (bicyclic) bond motifs is 5. The molecule has 0 radical (unpaired) electrons. The van der Waals surface area contributed by atoms with Gasteiger partial charge in [-0.15, -0.1) is 0 Å². The summed E-state index contributed by atoms with van der Waals surface area (Å²) < 4.78 is 0. The molecule has 0 spiro atoms. The van der Waals surface area contributed by atoms with Crippen LogP contribution in [-0.2, 0) is 4.79 Å². The van der Waals surface area contributed by atoms with Crippen molar-refractivity contribution in [1.29, 1.82) is 0 Å². The molecule has 0 aliphatic heterocycles. The van der Waals surface area contributed by atoms with Gasteiger partial charge in [0.05, 0.1) is 5.60 Å². The highest BCUT2D eigenvalue weighted by Gasteiger charge is 2.61. The van der Waals surface area contributed by atoms with Crippen LogP contribution in [0.25, 0.3) is 0 Å². The van der Waals surface area contributed by atoms with Gasteiger partial charge in [0.25, 0.3) is 0 Å². The van der Waals surface area contributed by atoms with Crippen molar-refractivity contribution in [2.45, 2.75) is 104 Å². The molecular weight excluding hydrogens is 320 g/mol. The summed E-state index contributed by atoms with van der Waals surface area (Å²) in [5.41, 5.74) is 0.314. The second-order valence-corrected chi connectivity index (χ2v) is 11.1. The Morgan fingerprint density at radius 3 is 2.38 bits per heavy atom. The van der Waals surface area contributed by atoms with Gasteiger partial charge in [0.15, 0.2) is 0 Å². The molecule has 148 valence electrons. The van der Waals surface area contributed by atoms with E-state index in [1.807, 2.05) is 6.92 Å². The van der Waals surface area contributed by atoms with E-state index in [0.29, 0.717) is 23.0 Å². The lowest BCUT2D eigenvalue weighted by Crippen LogP contribution is -2.56. The molecule has 8 atom stereocenters. The molecule has 0 unspecified atom stereocenters. The molecule has 4 rings (SSSR count). The van der Waals surface area contributed by atoms with Crippen LogP contribution in [0.4, 0.5) is 0 Å². The van der Waals surface area contributed by atoms with Crippen LogP contribution in [0.2, 0.25) is 0 Å². The van der Waals surface area contributed by atoms with E-state index in [2.05, 4.69) is 20.8 Å². The molecule has 0 aromatic carbocycles. The van der Waals surface area contributed by atoms with Gasteiger partial charge in [-0.1, -0.05) is 27.2 Å². The van der Waals surface area contributed by atoms with Crippen LogP contribution < -0.4 is 0 Å². The number of ketones is 1. The van der Waals surface area contributed by atoms with Gasteiger partial charge in [-0.2, -0.15) is 0 Å². The zero-order chi connectivity index (χ0) is 18.7. The van der Waals surface area contributed by atoms with Crippen molar-refractivity contribution < 1.29 is 9.90 Å². The van der Waals surface area contributed by atoms with Crippen molar-refractivity contribution in [2.75, 3.05) is 0 Å². The monoisotopic (exact) mass is 360 g/mol. The van der Waals surface area contributed by atoms with Crippen molar-refractivity contribution in [2.24, 2.45) is 40.4 Å². The van der Waals surface area contributed by atoms with Gasteiger partial charge in [-0.3, -0.25) is 4.79 Å². The van der Waals surface area contributed by atoms with Crippen LogP contribution in [0.15, 0.2) is 0 Å². The van der Waals surface area contributed by atoms with Crippen LogP contribution in [0.3, 0.4) is 0 Å². The maximum Gasteiger partial charge on any atom is 0.133 e. The molecule has 1 N–H and O–H groups in total. The molecule has 4 aliphatic rings. The number of hydrogen-bond acceptors (Lipinski definition) is 2. The Bertz CT molecular complexity index is 571. The number of hydrogen-bond donors (Lipinski definition) is 1. The van der Waals surface area contributed by atoms with Crippen molar-refractivity contribution in [3.05, 3.63) is 0 Å². The van der Waals surface area contributed by atoms with Crippen molar-refractivity contribution in [3.8, 4) is 0 Å². The molecule has 0 bridgehead atoms. The zero-order valence-electron chi connectivity index (χ0n) is 17.5. The normalized spacial score (nSPS) is 53.5. The number of aliphatic hydroxyl groups is 1. The van der Waals surface area contributed by atoms with Crippen LogP contribution in [0.5, 0.6) is 0 Å². The van der Waals surface area contributed by atoms with Crippen LogP contribution in [0, 0.1) is 40.4 Å². The van der Waals surface area contributed by atoms with E-state index < -0.39 is 0 Å². The second kappa shape index (κ2) is 6.33. The third-order valence-corrected chi connectivity index (χ3v) is 10.0. The Hall–Kier alpha value is -0.370. The Balaban J connectivity index is 1.56. The van der Waals surface area contributed by atoms with Gasteiger partial charge in [-0.25, -0.2) is 0 Å². The predicted molar refractivity (Wildman–Crippen MR) is 106 cm³/mol. The molecule has 26 heavy (non-hydrogen) atoms. The summed E-state index contributed by atoms with van der Waals surface area (Å²) in [7, 11) is 0. The van der Waals surface area contributed by atoms with Crippen LogP contribution in [-0.4, -0.2) is 16.5 Å². The molecule has 0 aromatic heterocycles. The van der Waals surface area contributed by atoms with E-state index in [-0.39, 0.29) is 11.0 Å². The topological polar surface area (TPSA) is 37.3 Å². The largest absolute Gasteiger partial charge is 0.390 e. The summed E-state index contributed by atoms with van der Waals surface area (Å²) in [5, 5.41) is 11.1. The molecule has 2 nitrogen and oxygen atoms in total. The summed E-state index contributed by atoms with van der Waals surface area (Å²) in [6.45, 7) is 9.05. The van der Waals surface area contributed by atoms with E-state index in [1.54, 1.807) is 0 Å². The minimum atomic E-state index is -0.387. The highest BCUT2D eigenvalue weighted by Crippen LogP contribution is 2.68. The lowest BCUT2D eigenvalue weighted by Gasteiger charge is -2.62. The first-order valence-electron chi connectivity index (χ1n) is 11.5. The summed E-state index contributed by atoms with van der Waals surface area (Å²) in [4.78, 5) is 12.3. The number of carbonyl (C=O) groups is 1. The third kappa shape index (κ3) is 2.65. The smallest absolute Gasteiger partial charge is 0.133 e. The van der Waals surface area contributed by atoms with Crippen molar-refractivity contribution in [1.82, 2.24) is 0 Å². The SMILES string of the molecule is CCC[C@@]1(O)CC[C@@]2(C)[C@@H](CC[C@@H]3[C@@H]2CC[C@]2(C)[C@@H](C(C)=O)CC[C@@H]32)C1. The van der Waals surface area contributed by atoms with E-state index in [1.165, 1.54) is 38.5 Å². The Labute approximate surface area is 160 Å². The molecule has 4 saturated carbocycles. The highest BCUT2D eigenvalue weighted by molar-refractivity contribution is 5.79. The van der Waals surface area contributed by atoms with E-state index >= 15 is 0 Å². The third-order valence-electron chi connectivity index (χ3n) is 10.0. The van der Waals surface area contributed by atoms with Gasteiger partial charge in [-0.05, 0) is 106 Å². The van der Waals surface area contributed by atoms with Gasteiger partial charge >= 0.3 is 0 Å². The predicted octanol–water partition coefficient (Wildman–Crippen LogP) is 5.77. The summed E-state index contributed by atoms with van der Waals surface area (Å²) >= 11 is 0. The molecule has 0 amide bonds. The average Bonchev–Trinajstić information content (AvgIpc) is 2.93. The fourth-order valence-corrected chi connectivity index (χ4v) is 8.68.